The summed E-state index contributed by atoms with van der Waals surface area (Å²) in [6, 6.07) is 32.6. The molecule has 1 fully saturated rings. The first-order valence-corrected chi connectivity index (χ1v) is 15.1. The third kappa shape index (κ3) is 8.69. The Morgan fingerprint density at radius 2 is 1.57 bits per heavy atom. The Bertz CT molecular complexity index is 1520. The number of para-hydroxylation sites is 1. The maximum absolute atomic E-state index is 13.0. The van der Waals surface area contributed by atoms with Gasteiger partial charge in [-0.05, 0) is 59.9 Å². The van der Waals surface area contributed by atoms with E-state index in [2.05, 4.69) is 15.5 Å². The number of piperidine rings is 1. The summed E-state index contributed by atoms with van der Waals surface area (Å²) in [5, 5.41) is 15.9. The van der Waals surface area contributed by atoms with Crippen LogP contribution in [0.4, 0.5) is 10.5 Å². The number of aromatic hydroxyl groups is 1. The molecule has 0 atom stereocenters. The van der Waals surface area contributed by atoms with Crippen LogP contribution in [-0.4, -0.2) is 66.2 Å². The van der Waals surface area contributed by atoms with E-state index < -0.39 is 6.09 Å². The normalized spacial score (nSPS) is 13.8. The van der Waals surface area contributed by atoms with Crippen molar-refractivity contribution >= 4 is 17.7 Å². The lowest BCUT2D eigenvalue weighted by Gasteiger charge is -2.32. The minimum absolute atomic E-state index is 0.00468. The summed E-state index contributed by atoms with van der Waals surface area (Å²) in [7, 11) is 1.83. The molecule has 0 spiro atoms. The first kappa shape index (κ1) is 30.8. The number of ether oxygens (including phenoxy) is 1. The number of carbonyl (C=O) groups excluding carboxylic acids is 2. The van der Waals surface area contributed by atoms with E-state index in [0.29, 0.717) is 25.2 Å². The van der Waals surface area contributed by atoms with Gasteiger partial charge in [0, 0.05) is 57.4 Å². The number of phenols is 1. The van der Waals surface area contributed by atoms with Gasteiger partial charge in [-0.2, -0.15) is 0 Å². The van der Waals surface area contributed by atoms with Crippen molar-refractivity contribution in [2.45, 2.75) is 32.0 Å². The van der Waals surface area contributed by atoms with Crippen LogP contribution in [-0.2, 0) is 17.8 Å². The van der Waals surface area contributed by atoms with Gasteiger partial charge in [0.25, 0.3) is 5.91 Å². The average molecular weight is 593 g/mol. The van der Waals surface area contributed by atoms with E-state index in [1.165, 1.54) is 0 Å². The molecule has 8 heteroatoms. The molecule has 0 aliphatic carbocycles. The lowest BCUT2D eigenvalue weighted by atomic mass is 10.0. The molecule has 5 rings (SSSR count). The number of hydrogen-bond acceptors (Lipinski definition) is 6. The number of anilines is 1. The predicted octanol–water partition coefficient (Wildman–Crippen LogP) is 6.13. The van der Waals surface area contributed by atoms with Crippen LogP contribution < -0.4 is 10.6 Å². The molecule has 0 saturated carbocycles. The lowest BCUT2D eigenvalue weighted by Crippen LogP contribution is -2.42. The minimum Gasteiger partial charge on any atom is -0.508 e. The fourth-order valence-corrected chi connectivity index (χ4v) is 5.40. The van der Waals surface area contributed by atoms with Crippen LogP contribution in [0.1, 0.15) is 34.3 Å². The van der Waals surface area contributed by atoms with Crippen molar-refractivity contribution in [3.05, 3.63) is 120 Å². The minimum atomic E-state index is -0.435. The second kappa shape index (κ2) is 15.2. The van der Waals surface area contributed by atoms with Crippen molar-refractivity contribution in [2.75, 3.05) is 38.5 Å². The molecular weight excluding hydrogens is 552 g/mol. The van der Waals surface area contributed by atoms with Crippen LogP contribution in [0.3, 0.4) is 0 Å². The molecule has 0 unspecified atom stereocenters. The van der Waals surface area contributed by atoms with Gasteiger partial charge in [0.05, 0.1) is 5.69 Å². The van der Waals surface area contributed by atoms with Crippen molar-refractivity contribution in [1.82, 2.24) is 15.1 Å². The van der Waals surface area contributed by atoms with E-state index in [-0.39, 0.29) is 17.8 Å². The topological polar surface area (TPSA) is 94.1 Å². The fraction of sp³-hybridized carbons (Fsp3) is 0.278. The number of benzene rings is 4. The zero-order chi connectivity index (χ0) is 30.7. The quantitative estimate of drug-likeness (QED) is 0.194. The Kier molecular flexibility index (Phi) is 10.6. The Morgan fingerprint density at radius 1 is 0.864 bits per heavy atom. The van der Waals surface area contributed by atoms with Crippen LogP contribution in [0.5, 0.6) is 5.75 Å². The highest BCUT2D eigenvalue weighted by Gasteiger charge is 2.23. The summed E-state index contributed by atoms with van der Waals surface area (Å²) < 4.78 is 5.76. The summed E-state index contributed by atoms with van der Waals surface area (Å²) in [4.78, 5) is 29.8. The fourth-order valence-electron chi connectivity index (χ4n) is 5.40. The number of carbonyl (C=O) groups is 2. The van der Waals surface area contributed by atoms with Gasteiger partial charge in [-0.15, -0.1) is 0 Å². The molecular formula is C36H40N4O4. The molecule has 0 radical (unpaired) electrons. The van der Waals surface area contributed by atoms with E-state index in [1.807, 2.05) is 98.0 Å². The molecule has 44 heavy (non-hydrogen) atoms. The second-order valence-electron chi connectivity index (χ2n) is 11.2. The number of nitrogens with zero attached hydrogens (tertiary/aromatic N) is 2. The van der Waals surface area contributed by atoms with Gasteiger partial charge in [0.1, 0.15) is 11.9 Å². The van der Waals surface area contributed by atoms with Gasteiger partial charge < -0.3 is 25.0 Å². The summed E-state index contributed by atoms with van der Waals surface area (Å²) in [6.07, 6.45) is 0.941. The summed E-state index contributed by atoms with van der Waals surface area (Å²) in [5.41, 5.74) is 5.48. The van der Waals surface area contributed by atoms with Gasteiger partial charge in [-0.25, -0.2) is 4.79 Å². The molecule has 4 aromatic carbocycles. The van der Waals surface area contributed by atoms with Gasteiger partial charge in [-0.3, -0.25) is 10.1 Å². The molecule has 8 nitrogen and oxygen atoms in total. The van der Waals surface area contributed by atoms with Gasteiger partial charge >= 0.3 is 6.09 Å². The number of rotatable bonds is 11. The Morgan fingerprint density at radius 3 is 2.32 bits per heavy atom. The lowest BCUT2D eigenvalue weighted by molar-refractivity contribution is 0.0540. The number of likely N-dealkylation sites (N-methyl/N-ethyl adjacent to an activating group) is 1. The van der Waals surface area contributed by atoms with E-state index >= 15 is 0 Å². The van der Waals surface area contributed by atoms with Crippen molar-refractivity contribution in [3.8, 4) is 16.9 Å². The number of likely N-dealkylation sites (tertiary alicyclic amines) is 1. The molecule has 4 aromatic rings. The maximum atomic E-state index is 13.0. The Hall–Kier alpha value is -4.66. The first-order valence-electron chi connectivity index (χ1n) is 15.1. The highest BCUT2D eigenvalue weighted by molar-refractivity contribution is 5.94. The van der Waals surface area contributed by atoms with Crippen molar-refractivity contribution in [3.63, 3.8) is 0 Å². The molecule has 0 bridgehead atoms. The summed E-state index contributed by atoms with van der Waals surface area (Å²) in [6.45, 7) is 4.33. The van der Waals surface area contributed by atoms with Crippen LogP contribution in [0.15, 0.2) is 103 Å². The van der Waals surface area contributed by atoms with Crippen molar-refractivity contribution in [2.24, 2.45) is 0 Å². The van der Waals surface area contributed by atoms with Gasteiger partial charge in [0.2, 0.25) is 0 Å². The highest BCUT2D eigenvalue weighted by Crippen LogP contribution is 2.28. The average Bonchev–Trinajstić information content (AvgIpc) is 3.05. The monoisotopic (exact) mass is 592 g/mol. The van der Waals surface area contributed by atoms with Crippen LogP contribution in [0.25, 0.3) is 11.1 Å². The molecule has 1 aliphatic rings. The van der Waals surface area contributed by atoms with Crippen LogP contribution in [0.2, 0.25) is 0 Å². The zero-order valence-electron chi connectivity index (χ0n) is 25.1. The van der Waals surface area contributed by atoms with Gasteiger partial charge in [0.15, 0.2) is 0 Å². The SMILES string of the molecule is CN(CCN1CCC(OC(=O)Nc2ccccc2-c2ccccc2)CC1)C(=O)c1ccc(CNCc2cccc(O)c2)cc1. The van der Waals surface area contributed by atoms with E-state index in [9.17, 15) is 14.7 Å². The maximum Gasteiger partial charge on any atom is 0.411 e. The number of hydrogen-bond donors (Lipinski definition) is 3. The molecule has 2 amide bonds. The van der Waals surface area contributed by atoms with E-state index in [0.717, 1.165) is 60.4 Å². The smallest absolute Gasteiger partial charge is 0.411 e. The molecule has 0 aromatic heterocycles. The molecule has 3 N–H and O–H groups in total. The highest BCUT2D eigenvalue weighted by atomic mass is 16.6. The van der Waals surface area contributed by atoms with E-state index in [1.54, 1.807) is 17.0 Å². The second-order valence-corrected chi connectivity index (χ2v) is 11.2. The molecule has 228 valence electrons. The van der Waals surface area contributed by atoms with Gasteiger partial charge in [-0.1, -0.05) is 72.8 Å². The van der Waals surface area contributed by atoms with Crippen molar-refractivity contribution < 1.29 is 19.4 Å². The number of nitrogens with one attached hydrogen (secondary N) is 2. The Labute approximate surface area is 259 Å². The first-order chi connectivity index (χ1) is 21.4. The summed E-state index contributed by atoms with van der Waals surface area (Å²) in [5.74, 6) is 0.256. The molecule has 1 heterocycles. The van der Waals surface area contributed by atoms with Crippen LogP contribution in [0, 0.1) is 0 Å². The van der Waals surface area contributed by atoms with Crippen LogP contribution >= 0.6 is 0 Å². The molecule has 1 aliphatic heterocycles. The third-order valence-corrected chi connectivity index (χ3v) is 7.92. The standard InChI is InChI=1S/C36H40N4O4/c1-39(35(42)30-16-14-27(15-17-30)25-37-26-28-8-7-11-31(41)24-28)22-23-40-20-18-32(19-21-40)44-36(43)38-34-13-6-5-12-33(34)29-9-3-2-4-10-29/h2-17,24,32,37,41H,18-23,25-26H2,1H3,(H,38,43). The largest absolute Gasteiger partial charge is 0.508 e. The Balaban J connectivity index is 1.01. The van der Waals surface area contributed by atoms with Crippen molar-refractivity contribution in [1.29, 1.82) is 0 Å². The number of phenolic OH excluding ortho intramolecular Hbond substituents is 1. The molecule has 1 saturated heterocycles. The number of amides is 2. The summed E-state index contributed by atoms with van der Waals surface area (Å²) >= 11 is 0. The zero-order valence-corrected chi connectivity index (χ0v) is 25.1. The van der Waals surface area contributed by atoms with E-state index in [4.69, 9.17) is 4.74 Å². The third-order valence-electron chi connectivity index (χ3n) is 7.92. The predicted molar refractivity (Wildman–Crippen MR) is 173 cm³/mol.